The molecule has 0 heterocycles. The standard InChI is InChI=1S/C19H22N2O5/c1-5-17(22)20-13-7-6-8-14(11-13)21-19(23)12-9-15(24-2)18(26-4)16(10-12)25-3/h6-11H,5H2,1-4H3,(H,20,22)(H,21,23). The second kappa shape index (κ2) is 8.75. The number of methoxy groups -OCH3 is 3. The minimum atomic E-state index is -0.344. The summed E-state index contributed by atoms with van der Waals surface area (Å²) in [7, 11) is 4.47. The summed E-state index contributed by atoms with van der Waals surface area (Å²) in [5.41, 5.74) is 1.51. The first-order valence-electron chi connectivity index (χ1n) is 8.03. The molecule has 0 aromatic heterocycles. The first-order valence-corrected chi connectivity index (χ1v) is 8.03. The molecule has 138 valence electrons. The Morgan fingerprint density at radius 3 is 1.96 bits per heavy atom. The molecule has 0 aliphatic rings. The van der Waals surface area contributed by atoms with Crippen LogP contribution in [-0.4, -0.2) is 33.1 Å². The van der Waals surface area contributed by atoms with E-state index in [0.717, 1.165) is 0 Å². The fourth-order valence-electron chi connectivity index (χ4n) is 2.34. The topological polar surface area (TPSA) is 85.9 Å². The molecule has 0 aliphatic heterocycles. The Hall–Kier alpha value is -3.22. The Labute approximate surface area is 152 Å². The number of hydrogen-bond acceptors (Lipinski definition) is 5. The number of hydrogen-bond donors (Lipinski definition) is 2. The van der Waals surface area contributed by atoms with Crippen LogP contribution in [0.2, 0.25) is 0 Å². The lowest BCUT2D eigenvalue weighted by Gasteiger charge is -2.14. The van der Waals surface area contributed by atoms with Crippen LogP contribution in [0.4, 0.5) is 11.4 Å². The van der Waals surface area contributed by atoms with Crippen LogP contribution in [0.25, 0.3) is 0 Å². The van der Waals surface area contributed by atoms with Gasteiger partial charge in [0.15, 0.2) is 11.5 Å². The van der Waals surface area contributed by atoms with Crippen LogP contribution in [0, 0.1) is 0 Å². The van der Waals surface area contributed by atoms with Crippen molar-refractivity contribution in [3.05, 3.63) is 42.0 Å². The van der Waals surface area contributed by atoms with Crippen molar-refractivity contribution < 1.29 is 23.8 Å². The number of amides is 2. The van der Waals surface area contributed by atoms with E-state index in [1.807, 2.05) is 0 Å². The molecule has 0 unspecified atom stereocenters. The van der Waals surface area contributed by atoms with Crippen molar-refractivity contribution in [1.29, 1.82) is 0 Å². The third kappa shape index (κ3) is 4.44. The van der Waals surface area contributed by atoms with Gasteiger partial charge >= 0.3 is 0 Å². The molecule has 7 heteroatoms. The van der Waals surface area contributed by atoms with Gasteiger partial charge in [-0.05, 0) is 30.3 Å². The highest BCUT2D eigenvalue weighted by Gasteiger charge is 2.17. The molecule has 0 bridgehead atoms. The van der Waals surface area contributed by atoms with Crippen LogP contribution in [-0.2, 0) is 4.79 Å². The molecule has 0 saturated heterocycles. The van der Waals surface area contributed by atoms with E-state index < -0.39 is 0 Å². The number of carbonyl (C=O) groups is 2. The molecule has 2 rings (SSSR count). The van der Waals surface area contributed by atoms with E-state index in [-0.39, 0.29) is 11.8 Å². The minimum Gasteiger partial charge on any atom is -0.493 e. The molecule has 0 aliphatic carbocycles. The second-order valence-electron chi connectivity index (χ2n) is 5.35. The largest absolute Gasteiger partial charge is 0.493 e. The van der Waals surface area contributed by atoms with Gasteiger partial charge in [-0.15, -0.1) is 0 Å². The average molecular weight is 358 g/mol. The molecule has 0 saturated carbocycles. The summed E-state index contributed by atoms with van der Waals surface area (Å²) in [6, 6.07) is 10.1. The van der Waals surface area contributed by atoms with Gasteiger partial charge < -0.3 is 24.8 Å². The lowest BCUT2D eigenvalue weighted by atomic mass is 10.1. The molecule has 0 atom stereocenters. The predicted octanol–water partition coefficient (Wildman–Crippen LogP) is 3.31. The summed E-state index contributed by atoms with van der Waals surface area (Å²) in [4.78, 5) is 24.1. The van der Waals surface area contributed by atoms with Crippen molar-refractivity contribution in [2.24, 2.45) is 0 Å². The van der Waals surface area contributed by atoms with Crippen molar-refractivity contribution in [1.82, 2.24) is 0 Å². The van der Waals surface area contributed by atoms with Gasteiger partial charge in [0.25, 0.3) is 5.91 Å². The third-order valence-corrected chi connectivity index (χ3v) is 3.65. The molecule has 7 nitrogen and oxygen atoms in total. The maximum Gasteiger partial charge on any atom is 0.255 e. The maximum absolute atomic E-state index is 12.6. The van der Waals surface area contributed by atoms with Gasteiger partial charge in [0.05, 0.1) is 21.3 Å². The van der Waals surface area contributed by atoms with E-state index in [1.165, 1.54) is 21.3 Å². The third-order valence-electron chi connectivity index (χ3n) is 3.65. The Morgan fingerprint density at radius 2 is 1.46 bits per heavy atom. The van der Waals surface area contributed by atoms with E-state index >= 15 is 0 Å². The molecule has 0 fully saturated rings. The quantitative estimate of drug-likeness (QED) is 0.793. The molecule has 2 amide bonds. The van der Waals surface area contributed by atoms with Gasteiger partial charge in [0.1, 0.15) is 0 Å². The average Bonchev–Trinajstić information content (AvgIpc) is 2.66. The summed E-state index contributed by atoms with van der Waals surface area (Å²) in [6.07, 6.45) is 0.377. The molecule has 0 radical (unpaired) electrons. The highest BCUT2D eigenvalue weighted by atomic mass is 16.5. The number of nitrogens with one attached hydrogen (secondary N) is 2. The monoisotopic (exact) mass is 358 g/mol. The summed E-state index contributed by atoms with van der Waals surface area (Å²) in [5, 5.41) is 5.54. The Bertz CT molecular complexity index is 779. The van der Waals surface area contributed by atoms with E-state index in [2.05, 4.69) is 10.6 Å². The van der Waals surface area contributed by atoms with Crippen LogP contribution < -0.4 is 24.8 Å². The van der Waals surface area contributed by atoms with E-state index in [4.69, 9.17) is 14.2 Å². The highest BCUT2D eigenvalue weighted by molar-refractivity contribution is 6.05. The van der Waals surface area contributed by atoms with Gasteiger partial charge in [-0.1, -0.05) is 13.0 Å². The first kappa shape index (κ1) is 19.1. The minimum absolute atomic E-state index is 0.0990. The number of carbonyl (C=O) groups excluding carboxylic acids is 2. The second-order valence-corrected chi connectivity index (χ2v) is 5.35. The zero-order valence-electron chi connectivity index (χ0n) is 15.2. The van der Waals surface area contributed by atoms with Crippen LogP contribution in [0.3, 0.4) is 0 Å². The van der Waals surface area contributed by atoms with E-state index in [0.29, 0.717) is 40.6 Å². The van der Waals surface area contributed by atoms with Gasteiger partial charge in [-0.3, -0.25) is 9.59 Å². The lowest BCUT2D eigenvalue weighted by Crippen LogP contribution is -2.13. The van der Waals surface area contributed by atoms with E-state index in [1.54, 1.807) is 43.3 Å². The van der Waals surface area contributed by atoms with Crippen LogP contribution in [0.5, 0.6) is 17.2 Å². The fourth-order valence-corrected chi connectivity index (χ4v) is 2.34. The molecule has 2 N–H and O–H groups in total. The molecule has 26 heavy (non-hydrogen) atoms. The van der Waals surface area contributed by atoms with Gasteiger partial charge in [0.2, 0.25) is 11.7 Å². The smallest absolute Gasteiger partial charge is 0.255 e. The zero-order chi connectivity index (χ0) is 19.1. The maximum atomic E-state index is 12.6. The van der Waals surface area contributed by atoms with Gasteiger partial charge in [-0.2, -0.15) is 0 Å². The molecular formula is C19H22N2O5. The van der Waals surface area contributed by atoms with Crippen LogP contribution >= 0.6 is 0 Å². The van der Waals surface area contributed by atoms with Crippen molar-refractivity contribution in [3.8, 4) is 17.2 Å². The Kier molecular flexibility index (Phi) is 6.43. The number of rotatable bonds is 7. The predicted molar refractivity (Wildman–Crippen MR) is 99.4 cm³/mol. The molecule has 0 spiro atoms. The zero-order valence-corrected chi connectivity index (χ0v) is 15.2. The summed E-state index contributed by atoms with van der Waals surface area (Å²) in [6.45, 7) is 1.77. The Balaban J connectivity index is 2.25. The van der Waals surface area contributed by atoms with Gasteiger partial charge in [-0.25, -0.2) is 0 Å². The van der Waals surface area contributed by atoms with Gasteiger partial charge in [0, 0.05) is 23.4 Å². The van der Waals surface area contributed by atoms with Crippen molar-refractivity contribution in [2.45, 2.75) is 13.3 Å². The molecule has 2 aromatic carbocycles. The van der Waals surface area contributed by atoms with Crippen LogP contribution in [0.15, 0.2) is 36.4 Å². The summed E-state index contributed by atoms with van der Waals surface area (Å²) < 4.78 is 15.8. The fraction of sp³-hybridized carbons (Fsp3) is 0.263. The van der Waals surface area contributed by atoms with Crippen molar-refractivity contribution in [2.75, 3.05) is 32.0 Å². The SMILES string of the molecule is CCC(=O)Nc1cccc(NC(=O)c2cc(OC)c(OC)c(OC)c2)c1. The summed E-state index contributed by atoms with van der Waals surface area (Å²) >= 11 is 0. The normalized spacial score (nSPS) is 10.0. The van der Waals surface area contributed by atoms with E-state index in [9.17, 15) is 9.59 Å². The molecular weight excluding hydrogens is 336 g/mol. The van der Waals surface area contributed by atoms with Crippen molar-refractivity contribution >= 4 is 23.2 Å². The molecule has 2 aromatic rings. The highest BCUT2D eigenvalue weighted by Crippen LogP contribution is 2.38. The lowest BCUT2D eigenvalue weighted by molar-refractivity contribution is -0.115. The number of benzene rings is 2. The Morgan fingerprint density at radius 1 is 0.885 bits per heavy atom. The van der Waals surface area contributed by atoms with Crippen LogP contribution in [0.1, 0.15) is 23.7 Å². The number of ether oxygens (including phenoxy) is 3. The van der Waals surface area contributed by atoms with Crippen molar-refractivity contribution in [3.63, 3.8) is 0 Å². The summed E-state index contributed by atoms with van der Waals surface area (Å²) in [5.74, 6) is 0.749. The number of anilines is 2. The first-order chi connectivity index (χ1) is 12.5.